The molecule has 3 atom stereocenters. The van der Waals surface area contributed by atoms with Crippen LogP contribution in [0.15, 0.2) is 0 Å². The van der Waals surface area contributed by atoms with Crippen LogP contribution >= 0.6 is 11.8 Å². The Hall–Kier alpha value is -0.590. The number of hydrogen-bond donors (Lipinski definition) is 0. The van der Waals surface area contributed by atoms with E-state index in [1.807, 2.05) is 13.8 Å². The third kappa shape index (κ3) is 5.25. The summed E-state index contributed by atoms with van der Waals surface area (Å²) in [6.07, 6.45) is 2.60. The minimum absolute atomic E-state index is 0.00608. The van der Waals surface area contributed by atoms with E-state index in [-0.39, 0.29) is 23.9 Å². The summed E-state index contributed by atoms with van der Waals surface area (Å²) in [6, 6.07) is 0. The highest BCUT2D eigenvalue weighted by molar-refractivity contribution is 7.99. The summed E-state index contributed by atoms with van der Waals surface area (Å²) in [4.78, 5) is 23.2. The second-order valence-electron chi connectivity index (χ2n) is 6.52. The molecule has 1 aliphatic carbocycles. The molecule has 0 spiro atoms. The summed E-state index contributed by atoms with van der Waals surface area (Å²) in [5.41, 5.74) is 0. The Labute approximate surface area is 136 Å². The fourth-order valence-electron chi connectivity index (χ4n) is 3.01. The Kier molecular flexibility index (Phi) is 6.29. The zero-order chi connectivity index (χ0) is 16.2. The largest absolute Gasteiger partial charge is 0.466 e. The van der Waals surface area contributed by atoms with Gasteiger partial charge in [-0.2, -0.15) is 11.8 Å². The van der Waals surface area contributed by atoms with Crippen molar-refractivity contribution in [3.05, 3.63) is 0 Å². The van der Waals surface area contributed by atoms with E-state index >= 15 is 0 Å². The average molecular weight is 330 g/mol. The summed E-state index contributed by atoms with van der Waals surface area (Å²) in [5, 5.41) is 0. The van der Waals surface area contributed by atoms with Gasteiger partial charge in [-0.05, 0) is 26.7 Å². The van der Waals surface area contributed by atoms with Crippen molar-refractivity contribution in [2.45, 2.75) is 51.9 Å². The van der Waals surface area contributed by atoms with Crippen molar-refractivity contribution in [1.82, 2.24) is 0 Å². The van der Waals surface area contributed by atoms with Crippen molar-refractivity contribution in [2.24, 2.45) is 11.8 Å². The van der Waals surface area contributed by atoms with Crippen LogP contribution < -0.4 is 0 Å². The first-order chi connectivity index (χ1) is 10.4. The number of Topliss-reactive ketones (excluding diaryl/α,β-unsaturated/α-hetero) is 1. The number of hydrogen-bond acceptors (Lipinski definition) is 6. The van der Waals surface area contributed by atoms with Crippen molar-refractivity contribution < 1.29 is 23.8 Å². The predicted molar refractivity (Wildman–Crippen MR) is 84.7 cm³/mol. The van der Waals surface area contributed by atoms with Crippen LogP contribution in [-0.2, 0) is 23.8 Å². The second-order valence-corrected chi connectivity index (χ2v) is 7.59. The zero-order valence-corrected chi connectivity index (χ0v) is 14.4. The van der Waals surface area contributed by atoms with Gasteiger partial charge in [-0.1, -0.05) is 0 Å². The molecule has 0 amide bonds. The molecule has 1 heterocycles. The van der Waals surface area contributed by atoms with Gasteiger partial charge in [0.25, 0.3) is 0 Å². The molecule has 22 heavy (non-hydrogen) atoms. The summed E-state index contributed by atoms with van der Waals surface area (Å²) in [7, 11) is 0. The number of ketones is 1. The van der Waals surface area contributed by atoms with Crippen molar-refractivity contribution in [3.8, 4) is 0 Å². The number of carbonyl (C=O) groups excluding carboxylic acids is 2. The van der Waals surface area contributed by atoms with Crippen LogP contribution in [0.2, 0.25) is 0 Å². The summed E-state index contributed by atoms with van der Waals surface area (Å²) in [6.45, 7) is 6.21. The molecule has 2 fully saturated rings. The normalized spacial score (nSPS) is 31.2. The number of rotatable bonds is 6. The van der Waals surface area contributed by atoms with Crippen molar-refractivity contribution in [1.29, 1.82) is 0 Å². The molecule has 0 aromatic rings. The first-order valence-corrected chi connectivity index (χ1v) is 9.08. The first kappa shape index (κ1) is 17.8. The molecule has 1 aliphatic heterocycles. The number of thioether (sulfide) groups is 1. The maximum Gasteiger partial charge on any atom is 0.302 e. The summed E-state index contributed by atoms with van der Waals surface area (Å²) in [5.74, 6) is 1.29. The van der Waals surface area contributed by atoms with Gasteiger partial charge in [0.1, 0.15) is 5.78 Å². The van der Waals surface area contributed by atoms with E-state index in [2.05, 4.69) is 0 Å². The van der Waals surface area contributed by atoms with Crippen LogP contribution in [0, 0.1) is 11.8 Å². The van der Waals surface area contributed by atoms with Crippen LogP contribution in [0.1, 0.15) is 40.0 Å². The summed E-state index contributed by atoms with van der Waals surface area (Å²) >= 11 is 1.73. The van der Waals surface area contributed by atoms with E-state index in [0.717, 1.165) is 24.3 Å². The lowest BCUT2D eigenvalue weighted by Crippen LogP contribution is -2.34. The van der Waals surface area contributed by atoms with E-state index in [1.165, 1.54) is 6.92 Å². The molecule has 0 radical (unpaired) electrons. The minimum Gasteiger partial charge on any atom is -0.466 e. The highest BCUT2D eigenvalue weighted by Crippen LogP contribution is 2.32. The smallest absolute Gasteiger partial charge is 0.302 e. The monoisotopic (exact) mass is 330 g/mol. The van der Waals surface area contributed by atoms with E-state index < -0.39 is 5.79 Å². The maximum atomic E-state index is 12.2. The molecule has 0 aromatic heterocycles. The highest BCUT2D eigenvalue weighted by atomic mass is 32.2. The first-order valence-electron chi connectivity index (χ1n) is 7.93. The standard InChI is InChI=1S/C16H26O5S/c1-11(17)19-7-12-5-4-6-15(18)14(12)10-22-9-13-8-20-16(2,3)21-13/h12-14H,4-10H2,1-3H3. The SMILES string of the molecule is CC(=O)OCC1CCCC(=O)C1CSCC1COC(C)(C)O1. The van der Waals surface area contributed by atoms with Crippen molar-refractivity contribution >= 4 is 23.5 Å². The number of ether oxygens (including phenoxy) is 3. The Morgan fingerprint density at radius 2 is 2.18 bits per heavy atom. The molecular weight excluding hydrogens is 304 g/mol. The van der Waals surface area contributed by atoms with Crippen molar-refractivity contribution in [3.63, 3.8) is 0 Å². The van der Waals surface area contributed by atoms with Crippen LogP contribution in [0.4, 0.5) is 0 Å². The van der Waals surface area contributed by atoms with Gasteiger partial charge in [-0.3, -0.25) is 9.59 Å². The predicted octanol–water partition coefficient (Wildman–Crippen LogP) is 2.42. The fraction of sp³-hybridized carbons (Fsp3) is 0.875. The average Bonchev–Trinajstić information content (AvgIpc) is 2.78. The van der Waals surface area contributed by atoms with Gasteiger partial charge >= 0.3 is 5.97 Å². The topological polar surface area (TPSA) is 61.8 Å². The molecule has 0 aromatic carbocycles. The maximum absolute atomic E-state index is 12.2. The van der Waals surface area contributed by atoms with Gasteiger partial charge in [-0.15, -0.1) is 0 Å². The van der Waals surface area contributed by atoms with Gasteiger partial charge in [0, 0.05) is 36.7 Å². The van der Waals surface area contributed by atoms with Gasteiger partial charge < -0.3 is 14.2 Å². The third-order valence-electron chi connectivity index (χ3n) is 4.15. The second kappa shape index (κ2) is 7.79. The molecule has 1 saturated carbocycles. The molecule has 126 valence electrons. The number of carbonyl (C=O) groups is 2. The Morgan fingerprint density at radius 3 is 2.82 bits per heavy atom. The Morgan fingerprint density at radius 1 is 1.41 bits per heavy atom. The zero-order valence-electron chi connectivity index (χ0n) is 13.6. The molecule has 2 rings (SSSR count). The lowest BCUT2D eigenvalue weighted by atomic mass is 9.80. The molecular formula is C16H26O5S. The minimum atomic E-state index is -0.496. The Bertz CT molecular complexity index is 409. The van der Waals surface area contributed by atoms with Gasteiger partial charge in [0.05, 0.1) is 19.3 Å². The lowest BCUT2D eigenvalue weighted by molar-refractivity contribution is -0.144. The fourth-order valence-corrected chi connectivity index (χ4v) is 4.29. The van der Waals surface area contributed by atoms with E-state index in [9.17, 15) is 9.59 Å². The van der Waals surface area contributed by atoms with E-state index in [4.69, 9.17) is 14.2 Å². The quantitative estimate of drug-likeness (QED) is 0.697. The highest BCUT2D eigenvalue weighted by Gasteiger charge is 2.35. The Balaban J connectivity index is 1.77. The number of esters is 1. The molecule has 0 N–H and O–H groups in total. The van der Waals surface area contributed by atoms with Gasteiger partial charge in [-0.25, -0.2) is 0 Å². The molecule has 3 unspecified atom stereocenters. The molecule has 1 saturated heterocycles. The molecule has 0 bridgehead atoms. The van der Waals surface area contributed by atoms with Crippen molar-refractivity contribution in [2.75, 3.05) is 24.7 Å². The lowest BCUT2D eigenvalue weighted by Gasteiger charge is -2.29. The van der Waals surface area contributed by atoms with Gasteiger partial charge in [0.2, 0.25) is 0 Å². The van der Waals surface area contributed by atoms with Crippen LogP contribution in [0.25, 0.3) is 0 Å². The third-order valence-corrected chi connectivity index (χ3v) is 5.35. The van der Waals surface area contributed by atoms with Crippen LogP contribution in [-0.4, -0.2) is 48.4 Å². The molecule has 6 heteroatoms. The summed E-state index contributed by atoms with van der Waals surface area (Å²) < 4.78 is 16.4. The molecule has 5 nitrogen and oxygen atoms in total. The van der Waals surface area contributed by atoms with Gasteiger partial charge in [0.15, 0.2) is 5.79 Å². The van der Waals surface area contributed by atoms with Crippen LogP contribution in [0.3, 0.4) is 0 Å². The van der Waals surface area contributed by atoms with E-state index in [1.54, 1.807) is 11.8 Å². The van der Waals surface area contributed by atoms with Crippen LogP contribution in [0.5, 0.6) is 0 Å². The van der Waals surface area contributed by atoms with E-state index in [0.29, 0.717) is 25.4 Å². The molecule has 2 aliphatic rings.